The summed E-state index contributed by atoms with van der Waals surface area (Å²) in [5.41, 5.74) is 7.66. The number of carboxylic acid groups (broad SMARTS) is 1. The lowest BCUT2D eigenvalue weighted by molar-refractivity contribution is -0.138. The van der Waals surface area contributed by atoms with Crippen LogP contribution in [-0.2, 0) is 16.2 Å². The molecule has 3 aromatic carbocycles. The second-order valence-corrected chi connectivity index (χ2v) is 8.14. The first-order valence-electron chi connectivity index (χ1n) is 10.6. The molecule has 0 aliphatic rings. The summed E-state index contributed by atoms with van der Waals surface area (Å²) in [5, 5.41) is 9.22. The van der Waals surface area contributed by atoms with E-state index in [1.807, 2.05) is 37.3 Å². The van der Waals surface area contributed by atoms with Gasteiger partial charge in [0.25, 0.3) is 0 Å². The van der Waals surface area contributed by atoms with E-state index in [1.54, 1.807) is 7.05 Å². The quantitative estimate of drug-likeness (QED) is 0.457. The lowest BCUT2D eigenvalue weighted by atomic mass is 9.96. The van der Waals surface area contributed by atoms with E-state index in [1.165, 1.54) is 21.6 Å². The predicted molar refractivity (Wildman–Crippen MR) is 126 cm³/mol. The molecule has 0 saturated carbocycles. The van der Waals surface area contributed by atoms with Crippen molar-refractivity contribution in [1.82, 2.24) is 4.90 Å². The molecule has 5 heteroatoms. The Balaban J connectivity index is 1.76. The number of benzene rings is 3. The van der Waals surface area contributed by atoms with Crippen molar-refractivity contribution in [3.63, 3.8) is 0 Å². The molecular formula is C27H29NO4. The summed E-state index contributed by atoms with van der Waals surface area (Å²) < 4.78 is 6.02. The van der Waals surface area contributed by atoms with E-state index in [2.05, 4.69) is 44.2 Å². The Hall–Kier alpha value is -3.60. The van der Waals surface area contributed by atoms with Gasteiger partial charge in [0.2, 0.25) is 6.41 Å². The Morgan fingerprint density at radius 1 is 1.03 bits per heavy atom. The van der Waals surface area contributed by atoms with Gasteiger partial charge in [-0.05, 0) is 77.9 Å². The number of hydrogen-bond acceptors (Lipinski definition) is 3. The van der Waals surface area contributed by atoms with Crippen LogP contribution in [0, 0.1) is 20.8 Å². The van der Waals surface area contributed by atoms with Crippen LogP contribution in [0.25, 0.3) is 11.1 Å². The fourth-order valence-electron chi connectivity index (χ4n) is 3.88. The zero-order valence-electron chi connectivity index (χ0n) is 19.0. The molecule has 5 nitrogen and oxygen atoms in total. The number of nitrogens with zero attached hydrogens (tertiary/aromatic N) is 1. The second-order valence-electron chi connectivity index (χ2n) is 8.14. The Morgan fingerprint density at radius 3 is 2.47 bits per heavy atom. The molecule has 166 valence electrons. The average molecular weight is 432 g/mol. The molecule has 0 saturated heterocycles. The number of amides is 1. The number of hydrogen-bond donors (Lipinski definition) is 1. The third kappa shape index (κ3) is 5.35. The van der Waals surface area contributed by atoms with E-state index < -0.39 is 12.0 Å². The maximum Gasteiger partial charge on any atom is 0.305 e. The van der Waals surface area contributed by atoms with Crippen LogP contribution < -0.4 is 4.74 Å². The molecule has 0 aromatic heterocycles. The highest BCUT2D eigenvalue weighted by molar-refractivity contribution is 5.69. The van der Waals surface area contributed by atoms with E-state index in [0.717, 1.165) is 22.3 Å². The highest BCUT2D eigenvalue weighted by atomic mass is 16.5. The van der Waals surface area contributed by atoms with Crippen LogP contribution in [0.2, 0.25) is 0 Å². The third-order valence-corrected chi connectivity index (χ3v) is 5.87. The summed E-state index contributed by atoms with van der Waals surface area (Å²) in [6, 6.07) is 19.7. The van der Waals surface area contributed by atoms with Gasteiger partial charge in [-0.1, -0.05) is 42.5 Å². The fraction of sp³-hybridized carbons (Fsp3) is 0.259. The van der Waals surface area contributed by atoms with E-state index >= 15 is 0 Å². The topological polar surface area (TPSA) is 66.8 Å². The van der Waals surface area contributed by atoms with Crippen molar-refractivity contribution in [2.45, 2.75) is 39.8 Å². The molecule has 32 heavy (non-hydrogen) atoms. The van der Waals surface area contributed by atoms with Crippen LogP contribution in [-0.4, -0.2) is 29.4 Å². The Morgan fingerprint density at radius 2 is 1.78 bits per heavy atom. The predicted octanol–water partition coefficient (Wildman–Crippen LogP) is 5.46. The first kappa shape index (κ1) is 23.1. The Labute approximate surface area is 189 Å². The molecule has 0 aliphatic carbocycles. The number of carbonyl (C=O) groups is 2. The molecule has 3 rings (SSSR count). The van der Waals surface area contributed by atoms with Gasteiger partial charge >= 0.3 is 5.97 Å². The first-order chi connectivity index (χ1) is 15.3. The Bertz CT molecular complexity index is 1120. The minimum absolute atomic E-state index is 0.151. The zero-order chi connectivity index (χ0) is 23.3. The van der Waals surface area contributed by atoms with E-state index in [4.69, 9.17) is 4.74 Å². The minimum Gasteiger partial charge on any atom is -0.489 e. The van der Waals surface area contributed by atoms with E-state index in [0.29, 0.717) is 18.8 Å². The van der Waals surface area contributed by atoms with Gasteiger partial charge in [-0.15, -0.1) is 0 Å². The van der Waals surface area contributed by atoms with Crippen LogP contribution in [0.5, 0.6) is 5.75 Å². The number of ether oxygens (including phenoxy) is 1. The number of aliphatic carboxylic acids is 1. The third-order valence-electron chi connectivity index (χ3n) is 5.87. The molecule has 0 aliphatic heterocycles. The molecular weight excluding hydrogens is 402 g/mol. The van der Waals surface area contributed by atoms with Crippen LogP contribution in [0.1, 0.15) is 40.3 Å². The van der Waals surface area contributed by atoms with Crippen molar-refractivity contribution in [3.05, 3.63) is 88.5 Å². The monoisotopic (exact) mass is 431 g/mol. The fourth-order valence-corrected chi connectivity index (χ4v) is 3.88. The lowest BCUT2D eigenvalue weighted by Gasteiger charge is -2.25. The van der Waals surface area contributed by atoms with Crippen molar-refractivity contribution in [2.75, 3.05) is 7.05 Å². The SMILES string of the molecule is Cc1cc(OCc2cccc(-c3cccc(C)c3C)c2)ccc1C(CC(=O)O)N(C)C=O. The van der Waals surface area contributed by atoms with E-state index in [9.17, 15) is 14.7 Å². The highest BCUT2D eigenvalue weighted by Crippen LogP contribution is 2.29. The van der Waals surface area contributed by atoms with E-state index in [-0.39, 0.29) is 6.42 Å². The molecule has 1 N–H and O–H groups in total. The smallest absolute Gasteiger partial charge is 0.305 e. The van der Waals surface area contributed by atoms with Gasteiger partial charge in [0.15, 0.2) is 0 Å². The van der Waals surface area contributed by atoms with Crippen LogP contribution in [0.4, 0.5) is 0 Å². The maximum atomic E-state index is 11.2. The van der Waals surface area contributed by atoms with Gasteiger partial charge in [0.05, 0.1) is 12.5 Å². The molecule has 0 radical (unpaired) electrons. The van der Waals surface area contributed by atoms with Crippen LogP contribution in [0.15, 0.2) is 60.7 Å². The van der Waals surface area contributed by atoms with Gasteiger partial charge in [-0.2, -0.15) is 0 Å². The normalized spacial score (nSPS) is 11.6. The summed E-state index contributed by atoms with van der Waals surface area (Å²) in [7, 11) is 1.59. The summed E-state index contributed by atoms with van der Waals surface area (Å²) in [6.07, 6.45) is 0.502. The Kier molecular flexibility index (Phi) is 7.31. The zero-order valence-corrected chi connectivity index (χ0v) is 19.0. The summed E-state index contributed by atoms with van der Waals surface area (Å²) in [6.45, 7) is 6.57. The van der Waals surface area contributed by atoms with Crippen molar-refractivity contribution in [1.29, 1.82) is 0 Å². The van der Waals surface area contributed by atoms with Crippen molar-refractivity contribution >= 4 is 12.4 Å². The number of aryl methyl sites for hydroxylation is 2. The molecule has 1 atom stereocenters. The van der Waals surface area contributed by atoms with Gasteiger partial charge in [-0.3, -0.25) is 9.59 Å². The van der Waals surface area contributed by atoms with Crippen LogP contribution >= 0.6 is 0 Å². The van der Waals surface area contributed by atoms with Crippen molar-refractivity contribution < 1.29 is 19.4 Å². The summed E-state index contributed by atoms with van der Waals surface area (Å²) >= 11 is 0. The molecule has 0 fully saturated rings. The highest BCUT2D eigenvalue weighted by Gasteiger charge is 2.21. The maximum absolute atomic E-state index is 11.2. The minimum atomic E-state index is -0.952. The first-order valence-corrected chi connectivity index (χ1v) is 10.6. The van der Waals surface area contributed by atoms with Crippen LogP contribution in [0.3, 0.4) is 0 Å². The second kappa shape index (κ2) is 10.1. The van der Waals surface area contributed by atoms with Crippen molar-refractivity contribution in [2.24, 2.45) is 0 Å². The number of rotatable bonds is 9. The lowest BCUT2D eigenvalue weighted by Crippen LogP contribution is -2.26. The van der Waals surface area contributed by atoms with Gasteiger partial charge in [0, 0.05) is 7.05 Å². The average Bonchev–Trinajstić information content (AvgIpc) is 2.78. The molecule has 0 spiro atoms. The largest absolute Gasteiger partial charge is 0.489 e. The van der Waals surface area contributed by atoms with Gasteiger partial charge in [0.1, 0.15) is 12.4 Å². The van der Waals surface area contributed by atoms with Gasteiger partial charge in [-0.25, -0.2) is 0 Å². The molecule has 0 heterocycles. The molecule has 0 bridgehead atoms. The van der Waals surface area contributed by atoms with Gasteiger partial charge < -0.3 is 14.7 Å². The number of carboxylic acids is 1. The number of carbonyl (C=O) groups excluding carboxylic acids is 1. The molecule has 3 aromatic rings. The van der Waals surface area contributed by atoms with Crippen molar-refractivity contribution in [3.8, 4) is 16.9 Å². The molecule has 1 amide bonds. The summed E-state index contributed by atoms with van der Waals surface area (Å²) in [5.74, 6) is -0.252. The molecule has 1 unspecified atom stereocenters. The summed E-state index contributed by atoms with van der Waals surface area (Å²) in [4.78, 5) is 23.8. The standard InChI is InChI=1S/C27H29NO4/c1-18-7-5-10-25(20(18)3)22-9-6-8-21(14-22)16-32-23-11-12-24(19(2)13-23)26(15-27(30)31)28(4)17-29/h5-14,17,26H,15-16H2,1-4H3,(H,30,31).